The van der Waals surface area contributed by atoms with Gasteiger partial charge in [0.2, 0.25) is 5.91 Å². The van der Waals surface area contributed by atoms with Crippen molar-refractivity contribution >= 4 is 15.7 Å². The number of hydrogen-bond donors (Lipinski definition) is 0. The van der Waals surface area contributed by atoms with E-state index in [1.54, 1.807) is 0 Å². The van der Waals surface area contributed by atoms with E-state index in [4.69, 9.17) is 0 Å². The highest BCUT2D eigenvalue weighted by Crippen LogP contribution is 2.19. The summed E-state index contributed by atoms with van der Waals surface area (Å²) in [6.45, 7) is 6.67. The Balaban J connectivity index is 2.35. The van der Waals surface area contributed by atoms with Gasteiger partial charge >= 0.3 is 0 Å². The molecular formula is C13H26N2O3S. The van der Waals surface area contributed by atoms with Crippen LogP contribution in [0.15, 0.2) is 0 Å². The van der Waals surface area contributed by atoms with Crippen molar-refractivity contribution in [3.8, 4) is 0 Å². The maximum absolute atomic E-state index is 11.9. The van der Waals surface area contributed by atoms with Crippen LogP contribution in [0.2, 0.25) is 0 Å². The fourth-order valence-corrected chi connectivity index (χ4v) is 4.12. The lowest BCUT2D eigenvalue weighted by Gasteiger charge is -2.28. The van der Waals surface area contributed by atoms with Gasteiger partial charge in [0.15, 0.2) is 0 Å². The minimum atomic E-state index is -2.79. The van der Waals surface area contributed by atoms with E-state index < -0.39 is 9.84 Å². The van der Waals surface area contributed by atoms with E-state index in [-0.39, 0.29) is 5.91 Å². The van der Waals surface area contributed by atoms with Crippen LogP contribution >= 0.6 is 0 Å². The first-order chi connectivity index (χ1) is 8.88. The van der Waals surface area contributed by atoms with Gasteiger partial charge in [-0.2, -0.15) is 0 Å². The second-order valence-electron chi connectivity index (χ2n) is 5.36. The fourth-order valence-electron chi connectivity index (χ4n) is 2.53. The number of hydrogen-bond acceptors (Lipinski definition) is 4. The monoisotopic (exact) mass is 290 g/mol. The zero-order chi connectivity index (χ0) is 14.5. The molecule has 0 aromatic carbocycles. The highest BCUT2D eigenvalue weighted by Gasteiger charge is 2.25. The average molecular weight is 290 g/mol. The maximum Gasteiger partial charge on any atom is 0.236 e. The van der Waals surface area contributed by atoms with Gasteiger partial charge in [0.05, 0.1) is 18.1 Å². The molecule has 1 rings (SSSR count). The maximum atomic E-state index is 11.9. The summed E-state index contributed by atoms with van der Waals surface area (Å²) in [6, 6.07) is 0. The first-order valence-electron chi connectivity index (χ1n) is 7.04. The van der Waals surface area contributed by atoms with Gasteiger partial charge in [-0.25, -0.2) is 8.42 Å². The Hall–Kier alpha value is -0.620. The molecule has 0 bridgehead atoms. The van der Waals surface area contributed by atoms with Crippen LogP contribution in [0.25, 0.3) is 0 Å². The minimum Gasteiger partial charge on any atom is -0.342 e. The molecule has 0 aromatic rings. The first-order valence-corrected chi connectivity index (χ1v) is 8.86. The second-order valence-corrected chi connectivity index (χ2v) is 7.66. The Bertz CT molecular complexity index is 377. The molecule has 1 fully saturated rings. The van der Waals surface area contributed by atoms with Crippen LogP contribution in [0.4, 0.5) is 0 Å². The van der Waals surface area contributed by atoms with E-state index in [0.717, 1.165) is 32.5 Å². The Kier molecular flexibility index (Phi) is 6.26. The van der Waals surface area contributed by atoms with Crippen molar-refractivity contribution in [3.05, 3.63) is 0 Å². The van der Waals surface area contributed by atoms with E-state index in [9.17, 15) is 13.2 Å². The molecule has 0 atom stereocenters. The van der Waals surface area contributed by atoms with Gasteiger partial charge in [-0.15, -0.1) is 0 Å². The van der Waals surface area contributed by atoms with Crippen LogP contribution in [0.5, 0.6) is 0 Å². The molecule has 6 heteroatoms. The summed E-state index contributed by atoms with van der Waals surface area (Å²) in [5, 5.41) is 0. The van der Waals surface area contributed by atoms with E-state index in [1.807, 2.05) is 30.7 Å². The van der Waals surface area contributed by atoms with Crippen molar-refractivity contribution in [2.24, 2.45) is 5.92 Å². The van der Waals surface area contributed by atoms with Crippen LogP contribution in [-0.2, 0) is 14.6 Å². The molecule has 1 saturated heterocycles. The Morgan fingerprint density at radius 3 is 2.16 bits per heavy atom. The predicted octanol–water partition coefficient (Wildman–Crippen LogP) is 0.611. The largest absolute Gasteiger partial charge is 0.342 e. The van der Waals surface area contributed by atoms with E-state index in [2.05, 4.69) is 0 Å². The first kappa shape index (κ1) is 16.4. The molecule has 0 radical (unpaired) electrons. The van der Waals surface area contributed by atoms with Gasteiger partial charge in [-0.3, -0.25) is 9.69 Å². The summed E-state index contributed by atoms with van der Waals surface area (Å²) in [5.74, 6) is 1.15. The molecule has 1 aliphatic rings. The number of nitrogens with zero attached hydrogens (tertiary/aromatic N) is 2. The summed E-state index contributed by atoms with van der Waals surface area (Å²) in [4.78, 5) is 15.8. The van der Waals surface area contributed by atoms with Gasteiger partial charge < -0.3 is 4.90 Å². The molecule has 0 saturated carbocycles. The lowest BCUT2D eigenvalue weighted by atomic mass is 10.0. The van der Waals surface area contributed by atoms with Crippen molar-refractivity contribution in [2.45, 2.75) is 26.7 Å². The number of carbonyl (C=O) groups is 1. The third-order valence-corrected chi connectivity index (χ3v) is 5.48. The van der Waals surface area contributed by atoms with Crippen molar-refractivity contribution < 1.29 is 13.2 Å². The lowest BCUT2D eigenvalue weighted by Crippen LogP contribution is -2.41. The molecular weight excluding hydrogens is 264 g/mol. The van der Waals surface area contributed by atoms with Gasteiger partial charge in [0, 0.05) is 19.6 Å². The molecule has 0 unspecified atom stereocenters. The third kappa shape index (κ3) is 5.48. The Morgan fingerprint density at radius 2 is 1.68 bits per heavy atom. The van der Waals surface area contributed by atoms with Crippen LogP contribution in [0.3, 0.4) is 0 Å². The minimum absolute atomic E-state index is 0.149. The van der Waals surface area contributed by atoms with Gasteiger partial charge in [0.1, 0.15) is 9.84 Å². The summed E-state index contributed by atoms with van der Waals surface area (Å²) >= 11 is 0. The summed E-state index contributed by atoms with van der Waals surface area (Å²) < 4.78 is 22.7. The molecule has 0 aliphatic carbocycles. The van der Waals surface area contributed by atoms with Crippen molar-refractivity contribution in [2.75, 3.05) is 44.7 Å². The Labute approximate surface area is 116 Å². The van der Waals surface area contributed by atoms with Crippen molar-refractivity contribution in [1.82, 2.24) is 9.80 Å². The highest BCUT2D eigenvalue weighted by atomic mass is 32.2. The topological polar surface area (TPSA) is 57.7 Å². The number of likely N-dealkylation sites (N-methyl/N-ethyl adjacent to an activating group) is 2. The van der Waals surface area contributed by atoms with E-state index in [1.165, 1.54) is 0 Å². The van der Waals surface area contributed by atoms with Gasteiger partial charge in [-0.1, -0.05) is 0 Å². The number of carbonyl (C=O) groups excluding carboxylic acids is 1. The third-order valence-electron chi connectivity index (χ3n) is 3.77. The summed E-state index contributed by atoms with van der Waals surface area (Å²) in [7, 11) is -0.855. The lowest BCUT2D eigenvalue weighted by molar-refractivity contribution is -0.131. The SMILES string of the molecule is CCN(CC)C(=O)CN(C)CC1CCS(=O)(=O)CC1. The molecule has 0 N–H and O–H groups in total. The van der Waals surface area contributed by atoms with Gasteiger partial charge in [-0.05, 0) is 39.7 Å². The van der Waals surface area contributed by atoms with E-state index >= 15 is 0 Å². The Morgan fingerprint density at radius 1 is 1.16 bits per heavy atom. The molecule has 19 heavy (non-hydrogen) atoms. The summed E-state index contributed by atoms with van der Waals surface area (Å²) in [5.41, 5.74) is 0. The smallest absolute Gasteiger partial charge is 0.236 e. The molecule has 112 valence electrons. The molecule has 1 heterocycles. The zero-order valence-corrected chi connectivity index (χ0v) is 13.1. The molecule has 0 spiro atoms. The molecule has 1 amide bonds. The summed E-state index contributed by atoms with van der Waals surface area (Å²) in [6.07, 6.45) is 1.46. The standard InChI is InChI=1S/C13H26N2O3S/c1-4-15(5-2)13(16)11-14(3)10-12-6-8-19(17,18)9-7-12/h12H,4-11H2,1-3H3. The van der Waals surface area contributed by atoms with E-state index in [0.29, 0.717) is 24.0 Å². The number of rotatable bonds is 6. The molecule has 0 aromatic heterocycles. The second kappa shape index (κ2) is 7.24. The molecule has 1 aliphatic heterocycles. The van der Waals surface area contributed by atoms with Crippen LogP contribution < -0.4 is 0 Å². The van der Waals surface area contributed by atoms with Crippen molar-refractivity contribution in [1.29, 1.82) is 0 Å². The van der Waals surface area contributed by atoms with Gasteiger partial charge in [0.25, 0.3) is 0 Å². The average Bonchev–Trinajstić information content (AvgIpc) is 2.33. The van der Waals surface area contributed by atoms with Crippen LogP contribution in [-0.4, -0.2) is 68.9 Å². The normalized spacial score (nSPS) is 19.6. The molecule has 5 nitrogen and oxygen atoms in total. The van der Waals surface area contributed by atoms with Crippen LogP contribution in [0.1, 0.15) is 26.7 Å². The quantitative estimate of drug-likeness (QED) is 0.719. The number of amides is 1. The highest BCUT2D eigenvalue weighted by molar-refractivity contribution is 7.91. The fraction of sp³-hybridized carbons (Fsp3) is 0.923. The predicted molar refractivity (Wildman–Crippen MR) is 76.8 cm³/mol. The van der Waals surface area contributed by atoms with Crippen LogP contribution in [0, 0.1) is 5.92 Å². The zero-order valence-electron chi connectivity index (χ0n) is 12.3. The van der Waals surface area contributed by atoms with Crippen molar-refractivity contribution in [3.63, 3.8) is 0 Å². The number of sulfone groups is 1.